The number of ether oxygens (including phenoxy) is 1. The molecule has 3 aromatic rings. The molecule has 3 rings (SSSR count). The monoisotopic (exact) mass is 283 g/mol. The quantitative estimate of drug-likeness (QED) is 0.782. The summed E-state index contributed by atoms with van der Waals surface area (Å²) in [5, 5.41) is 10.6. The maximum Gasteiger partial charge on any atom is 0.168 e. The minimum atomic E-state index is -0.816. The van der Waals surface area contributed by atoms with Crippen LogP contribution in [-0.4, -0.2) is 10.1 Å². The molecular formula is C17H14FNO2. The van der Waals surface area contributed by atoms with E-state index in [0.717, 1.165) is 10.9 Å². The summed E-state index contributed by atoms with van der Waals surface area (Å²) < 4.78 is 19.6. The average molecular weight is 283 g/mol. The fourth-order valence-electron chi connectivity index (χ4n) is 2.19. The van der Waals surface area contributed by atoms with E-state index < -0.39 is 11.9 Å². The van der Waals surface area contributed by atoms with Crippen LogP contribution in [0.4, 0.5) is 4.39 Å². The summed E-state index contributed by atoms with van der Waals surface area (Å²) in [7, 11) is 0. The van der Waals surface area contributed by atoms with E-state index in [1.54, 1.807) is 31.3 Å². The number of aliphatic hydroxyl groups is 1. The number of nitrogens with zero attached hydrogens (tertiary/aromatic N) is 1. The Hall–Kier alpha value is -2.46. The van der Waals surface area contributed by atoms with Crippen molar-refractivity contribution in [2.75, 3.05) is 0 Å². The van der Waals surface area contributed by atoms with Crippen LogP contribution in [0.2, 0.25) is 0 Å². The number of para-hydroxylation sites is 2. The van der Waals surface area contributed by atoms with Gasteiger partial charge in [0.15, 0.2) is 11.6 Å². The molecule has 4 heteroatoms. The highest BCUT2D eigenvalue weighted by atomic mass is 19.1. The number of pyridine rings is 1. The molecule has 0 spiro atoms. The summed E-state index contributed by atoms with van der Waals surface area (Å²) in [5.41, 5.74) is 1.25. The van der Waals surface area contributed by atoms with E-state index in [9.17, 15) is 9.50 Å². The summed E-state index contributed by atoms with van der Waals surface area (Å²) in [4.78, 5) is 4.27. The first-order valence-corrected chi connectivity index (χ1v) is 6.64. The second-order valence-corrected chi connectivity index (χ2v) is 4.80. The summed E-state index contributed by atoms with van der Waals surface area (Å²) >= 11 is 0. The van der Waals surface area contributed by atoms with Crippen molar-refractivity contribution in [3.8, 4) is 11.5 Å². The van der Waals surface area contributed by atoms with Crippen LogP contribution in [0.15, 0.2) is 54.7 Å². The number of aromatic nitrogens is 1. The van der Waals surface area contributed by atoms with Crippen LogP contribution in [0.5, 0.6) is 11.5 Å². The molecule has 1 heterocycles. The van der Waals surface area contributed by atoms with Gasteiger partial charge in [-0.15, -0.1) is 0 Å². The summed E-state index contributed by atoms with van der Waals surface area (Å²) in [6.45, 7) is 1.57. The summed E-state index contributed by atoms with van der Waals surface area (Å²) in [5.74, 6) is -0.0492. The van der Waals surface area contributed by atoms with Gasteiger partial charge in [-0.2, -0.15) is 0 Å². The largest absolute Gasteiger partial charge is 0.452 e. The lowest BCUT2D eigenvalue weighted by atomic mass is 10.1. The molecule has 0 radical (unpaired) electrons. The Balaban J connectivity index is 2.02. The molecule has 0 amide bonds. The number of halogens is 1. The Morgan fingerprint density at radius 2 is 1.95 bits per heavy atom. The normalized spacial score (nSPS) is 12.3. The van der Waals surface area contributed by atoms with E-state index in [1.807, 2.05) is 24.3 Å². The van der Waals surface area contributed by atoms with Crippen molar-refractivity contribution in [3.05, 3.63) is 66.1 Å². The lowest BCUT2D eigenvalue weighted by molar-refractivity contribution is 0.194. The molecule has 1 aromatic heterocycles. The van der Waals surface area contributed by atoms with Crippen molar-refractivity contribution in [3.63, 3.8) is 0 Å². The molecule has 2 aromatic carbocycles. The van der Waals surface area contributed by atoms with Gasteiger partial charge in [0, 0.05) is 10.9 Å². The average Bonchev–Trinajstić information content (AvgIpc) is 2.49. The second-order valence-electron chi connectivity index (χ2n) is 4.80. The first kappa shape index (κ1) is 13.5. The third kappa shape index (κ3) is 2.71. The Morgan fingerprint density at radius 3 is 2.76 bits per heavy atom. The molecule has 0 aliphatic rings. The molecule has 3 nitrogen and oxygen atoms in total. The van der Waals surface area contributed by atoms with E-state index in [1.165, 1.54) is 6.07 Å². The van der Waals surface area contributed by atoms with Gasteiger partial charge in [-0.3, -0.25) is 4.98 Å². The van der Waals surface area contributed by atoms with Crippen LogP contribution in [-0.2, 0) is 0 Å². The van der Waals surface area contributed by atoms with Crippen molar-refractivity contribution < 1.29 is 14.2 Å². The van der Waals surface area contributed by atoms with Gasteiger partial charge in [0.1, 0.15) is 5.75 Å². The Kier molecular flexibility index (Phi) is 3.54. The standard InChI is InChI=1S/C17H14FNO2/c1-11(20)14-6-4-7-15(18)17(14)21-13-9-12-5-2-3-8-16(12)19-10-13/h2-11,20H,1H3/t11-/m1/s1. The van der Waals surface area contributed by atoms with Crippen molar-refractivity contribution >= 4 is 10.9 Å². The first-order valence-electron chi connectivity index (χ1n) is 6.64. The zero-order valence-electron chi connectivity index (χ0n) is 11.5. The Labute approximate surface area is 121 Å². The van der Waals surface area contributed by atoms with Crippen molar-refractivity contribution in [1.29, 1.82) is 0 Å². The maximum absolute atomic E-state index is 14.0. The SMILES string of the molecule is C[C@@H](O)c1cccc(F)c1Oc1cnc2ccccc2c1. The van der Waals surface area contributed by atoms with Gasteiger partial charge < -0.3 is 9.84 Å². The molecule has 0 fully saturated rings. The van der Waals surface area contributed by atoms with E-state index in [0.29, 0.717) is 11.3 Å². The second kappa shape index (κ2) is 5.50. The van der Waals surface area contributed by atoms with Gasteiger partial charge in [-0.05, 0) is 25.1 Å². The minimum absolute atomic E-state index is 0.0320. The summed E-state index contributed by atoms with van der Waals surface area (Å²) in [6, 6.07) is 13.9. The predicted molar refractivity (Wildman–Crippen MR) is 78.9 cm³/mol. The Bertz CT molecular complexity index is 787. The third-order valence-electron chi connectivity index (χ3n) is 3.23. The first-order chi connectivity index (χ1) is 10.1. The summed E-state index contributed by atoms with van der Waals surface area (Å²) in [6.07, 6.45) is 0.727. The molecule has 0 saturated carbocycles. The molecular weight excluding hydrogens is 269 g/mol. The molecule has 21 heavy (non-hydrogen) atoms. The molecule has 0 aliphatic carbocycles. The number of rotatable bonds is 3. The Morgan fingerprint density at radius 1 is 1.14 bits per heavy atom. The number of aliphatic hydroxyl groups excluding tert-OH is 1. The highest BCUT2D eigenvalue weighted by Crippen LogP contribution is 2.32. The van der Waals surface area contributed by atoms with Gasteiger partial charge >= 0.3 is 0 Å². The van der Waals surface area contributed by atoms with E-state index in [4.69, 9.17) is 4.74 Å². The van der Waals surface area contributed by atoms with E-state index in [-0.39, 0.29) is 5.75 Å². The van der Waals surface area contributed by atoms with Gasteiger partial charge in [0.2, 0.25) is 0 Å². The van der Waals surface area contributed by atoms with Crippen LogP contribution in [0.3, 0.4) is 0 Å². The highest BCUT2D eigenvalue weighted by molar-refractivity contribution is 5.79. The predicted octanol–water partition coefficient (Wildman–Crippen LogP) is 4.22. The fraction of sp³-hybridized carbons (Fsp3) is 0.118. The van der Waals surface area contributed by atoms with Gasteiger partial charge in [0.05, 0.1) is 17.8 Å². The van der Waals surface area contributed by atoms with Gasteiger partial charge in [0.25, 0.3) is 0 Å². The van der Waals surface area contributed by atoms with Crippen LogP contribution >= 0.6 is 0 Å². The smallest absolute Gasteiger partial charge is 0.168 e. The zero-order valence-corrected chi connectivity index (χ0v) is 11.5. The van der Waals surface area contributed by atoms with Crippen LogP contribution < -0.4 is 4.74 Å². The molecule has 0 bridgehead atoms. The molecule has 106 valence electrons. The van der Waals surface area contributed by atoms with Crippen LogP contribution in [0.1, 0.15) is 18.6 Å². The number of fused-ring (bicyclic) bond motifs is 1. The van der Waals surface area contributed by atoms with Crippen molar-refractivity contribution in [2.45, 2.75) is 13.0 Å². The van der Waals surface area contributed by atoms with E-state index in [2.05, 4.69) is 4.98 Å². The van der Waals surface area contributed by atoms with Gasteiger partial charge in [-0.25, -0.2) is 4.39 Å². The number of hydrogen-bond donors (Lipinski definition) is 1. The topological polar surface area (TPSA) is 42.4 Å². The molecule has 1 atom stereocenters. The van der Waals surface area contributed by atoms with Crippen molar-refractivity contribution in [2.24, 2.45) is 0 Å². The molecule has 0 unspecified atom stereocenters. The third-order valence-corrected chi connectivity index (χ3v) is 3.23. The highest BCUT2D eigenvalue weighted by Gasteiger charge is 2.15. The number of benzene rings is 2. The van der Waals surface area contributed by atoms with E-state index >= 15 is 0 Å². The molecule has 1 N–H and O–H groups in total. The molecule has 0 aliphatic heterocycles. The van der Waals surface area contributed by atoms with Crippen LogP contribution in [0, 0.1) is 5.82 Å². The number of hydrogen-bond acceptors (Lipinski definition) is 3. The zero-order chi connectivity index (χ0) is 14.8. The lowest BCUT2D eigenvalue weighted by Crippen LogP contribution is -1.99. The van der Waals surface area contributed by atoms with Gasteiger partial charge in [-0.1, -0.05) is 30.3 Å². The lowest BCUT2D eigenvalue weighted by Gasteiger charge is -2.14. The fourth-order valence-corrected chi connectivity index (χ4v) is 2.19. The van der Waals surface area contributed by atoms with Crippen LogP contribution in [0.25, 0.3) is 10.9 Å². The molecule has 0 saturated heterocycles. The minimum Gasteiger partial charge on any atom is -0.452 e. The maximum atomic E-state index is 14.0. The van der Waals surface area contributed by atoms with Crippen molar-refractivity contribution in [1.82, 2.24) is 4.98 Å².